The van der Waals surface area contributed by atoms with Crippen molar-refractivity contribution in [2.75, 3.05) is 18.0 Å². The average Bonchev–Trinajstić information content (AvgIpc) is 3.26. The maximum Gasteiger partial charge on any atom is 0.346 e. The van der Waals surface area contributed by atoms with E-state index in [1.165, 1.54) is 27.6 Å². The van der Waals surface area contributed by atoms with Crippen LogP contribution in [0.3, 0.4) is 0 Å². The first kappa shape index (κ1) is 22.1. The maximum absolute atomic E-state index is 13.7. The summed E-state index contributed by atoms with van der Waals surface area (Å²) < 4.78 is 7.38. The molecule has 2 aliphatic rings. The summed E-state index contributed by atoms with van der Waals surface area (Å²) in [6.45, 7) is 13.5. The number of aryl methyl sites for hydroxylation is 1. The van der Waals surface area contributed by atoms with Gasteiger partial charge in [-0.2, -0.15) is 0 Å². The van der Waals surface area contributed by atoms with Crippen molar-refractivity contribution in [3.63, 3.8) is 0 Å². The van der Waals surface area contributed by atoms with Crippen molar-refractivity contribution in [1.82, 2.24) is 4.98 Å². The van der Waals surface area contributed by atoms with Gasteiger partial charge in [-0.05, 0) is 59.2 Å². The quantitative estimate of drug-likeness (QED) is 0.224. The Bertz CT molecular complexity index is 1790. The molecule has 0 bridgehead atoms. The van der Waals surface area contributed by atoms with Gasteiger partial charge in [0.15, 0.2) is 0 Å². The van der Waals surface area contributed by atoms with Gasteiger partial charge < -0.3 is 9.32 Å². The lowest BCUT2D eigenvalue weighted by atomic mass is 9.69. The molecule has 0 aliphatic carbocycles. The van der Waals surface area contributed by atoms with E-state index in [2.05, 4.69) is 82.0 Å². The number of aromatic nitrogens is 1. The normalized spacial score (nSPS) is 18.2. The molecule has 0 N–H and O–H groups in total. The molecule has 2 aliphatic heterocycles. The Balaban J connectivity index is 1.56. The van der Waals surface area contributed by atoms with Gasteiger partial charge in [0.1, 0.15) is 10.6 Å². The number of benzene rings is 3. The van der Waals surface area contributed by atoms with Gasteiger partial charge in [-0.15, -0.1) is 11.3 Å². The van der Waals surface area contributed by atoms with Crippen LogP contribution in [0, 0.1) is 6.92 Å². The first-order valence-electron chi connectivity index (χ1n) is 12.8. The Morgan fingerprint density at radius 3 is 2.53 bits per heavy atom. The zero-order chi connectivity index (χ0) is 25.0. The van der Waals surface area contributed by atoms with Crippen molar-refractivity contribution in [2.24, 2.45) is 0 Å². The summed E-state index contributed by atoms with van der Waals surface area (Å²) in [6, 6.07) is 14.8. The number of nitrogens with zero attached hydrogens (tertiary/aromatic N) is 2. The molecular weight excluding hydrogens is 464 g/mol. The molecule has 0 radical (unpaired) electrons. The third kappa shape index (κ3) is 2.92. The van der Waals surface area contributed by atoms with Gasteiger partial charge in [0, 0.05) is 35.1 Å². The summed E-state index contributed by atoms with van der Waals surface area (Å²) in [5.41, 5.74) is 6.85. The molecule has 5 aromatic rings. The second-order valence-corrected chi connectivity index (χ2v) is 12.8. The molecule has 0 saturated carbocycles. The molecule has 0 unspecified atom stereocenters. The lowest BCUT2D eigenvalue weighted by molar-refractivity contribution is 0.398. The maximum atomic E-state index is 13.7. The Hall–Kier alpha value is -3.18. The summed E-state index contributed by atoms with van der Waals surface area (Å²) in [6.07, 6.45) is 2.17. The van der Waals surface area contributed by atoms with Crippen LogP contribution in [0.1, 0.15) is 57.2 Å². The van der Waals surface area contributed by atoms with Gasteiger partial charge in [0.05, 0.1) is 15.8 Å². The predicted octanol–water partition coefficient (Wildman–Crippen LogP) is 7.70. The van der Waals surface area contributed by atoms with Crippen molar-refractivity contribution in [2.45, 2.75) is 58.3 Å². The summed E-state index contributed by atoms with van der Waals surface area (Å²) >= 11 is 1.59. The minimum Gasteiger partial charge on any atom is -0.422 e. The summed E-state index contributed by atoms with van der Waals surface area (Å²) in [5, 5.41) is 4.14. The van der Waals surface area contributed by atoms with Crippen LogP contribution in [0.2, 0.25) is 0 Å². The topological polar surface area (TPSA) is 46.3 Å². The van der Waals surface area contributed by atoms with Crippen LogP contribution in [0.4, 0.5) is 5.69 Å². The standard InChI is InChI=1S/C31H30N2O2S/c1-17-20-16-21-25-24(31(4,5)13-15-33(25)14-12-30(21,2)3)26(20)35-29(34)23(17)28-32-22-11-10-18-8-6-7-9-19(18)27(22)36-28/h6-11,16H,12-15H2,1-5H3. The Labute approximate surface area is 214 Å². The molecule has 36 heavy (non-hydrogen) atoms. The third-order valence-electron chi connectivity index (χ3n) is 8.66. The van der Waals surface area contributed by atoms with Crippen molar-refractivity contribution in [3.8, 4) is 10.6 Å². The first-order valence-corrected chi connectivity index (χ1v) is 13.7. The smallest absolute Gasteiger partial charge is 0.346 e. The third-order valence-corrected chi connectivity index (χ3v) is 9.78. The molecule has 0 saturated heterocycles. The van der Waals surface area contributed by atoms with E-state index >= 15 is 0 Å². The van der Waals surface area contributed by atoms with Crippen LogP contribution < -0.4 is 10.5 Å². The fourth-order valence-electron chi connectivity index (χ4n) is 6.38. The van der Waals surface area contributed by atoms with E-state index in [4.69, 9.17) is 9.40 Å². The molecule has 182 valence electrons. The Morgan fingerprint density at radius 2 is 1.72 bits per heavy atom. The minimum absolute atomic E-state index is 0.0633. The fraction of sp³-hybridized carbons (Fsp3) is 0.355. The molecule has 0 spiro atoms. The summed E-state index contributed by atoms with van der Waals surface area (Å²) in [4.78, 5) is 21.1. The number of rotatable bonds is 1. The molecule has 0 amide bonds. The first-order chi connectivity index (χ1) is 17.2. The van der Waals surface area contributed by atoms with E-state index in [-0.39, 0.29) is 16.5 Å². The highest BCUT2D eigenvalue weighted by atomic mass is 32.1. The summed E-state index contributed by atoms with van der Waals surface area (Å²) in [5.74, 6) is 0. The highest BCUT2D eigenvalue weighted by molar-refractivity contribution is 7.22. The fourth-order valence-corrected chi connectivity index (χ4v) is 7.57. The van der Waals surface area contributed by atoms with Gasteiger partial charge in [0.25, 0.3) is 0 Å². The lowest BCUT2D eigenvalue weighted by Crippen LogP contribution is -2.44. The van der Waals surface area contributed by atoms with Crippen LogP contribution in [-0.2, 0) is 10.8 Å². The van der Waals surface area contributed by atoms with E-state index in [9.17, 15) is 4.79 Å². The van der Waals surface area contributed by atoms with Gasteiger partial charge in [-0.25, -0.2) is 9.78 Å². The molecule has 7 rings (SSSR count). The van der Waals surface area contributed by atoms with Gasteiger partial charge in [-0.1, -0.05) is 58.0 Å². The second kappa shape index (κ2) is 7.19. The van der Waals surface area contributed by atoms with E-state index in [1.54, 1.807) is 11.3 Å². The van der Waals surface area contributed by atoms with E-state index in [0.29, 0.717) is 5.56 Å². The Morgan fingerprint density at radius 1 is 0.972 bits per heavy atom. The minimum atomic E-state index is -0.289. The molecule has 4 heterocycles. The highest BCUT2D eigenvalue weighted by Gasteiger charge is 2.42. The monoisotopic (exact) mass is 494 g/mol. The molecular formula is C31H30N2O2S. The number of anilines is 1. The molecule has 0 atom stereocenters. The van der Waals surface area contributed by atoms with Crippen LogP contribution in [0.25, 0.3) is 42.5 Å². The van der Waals surface area contributed by atoms with Crippen molar-refractivity contribution in [1.29, 1.82) is 0 Å². The second-order valence-electron chi connectivity index (χ2n) is 11.8. The number of hydrogen-bond donors (Lipinski definition) is 0. The highest BCUT2D eigenvalue weighted by Crippen LogP contribution is 2.52. The van der Waals surface area contributed by atoms with Crippen LogP contribution in [0.5, 0.6) is 0 Å². The number of hydrogen-bond acceptors (Lipinski definition) is 5. The molecule has 2 aromatic heterocycles. The molecule has 4 nitrogen and oxygen atoms in total. The molecule has 5 heteroatoms. The predicted molar refractivity (Wildman–Crippen MR) is 151 cm³/mol. The SMILES string of the molecule is Cc1c(-c2nc3ccc4ccccc4c3s2)c(=O)oc2c3c4c(cc12)C(C)(C)CCN4CCC3(C)C. The van der Waals surface area contributed by atoms with Crippen LogP contribution in [-0.4, -0.2) is 18.1 Å². The van der Waals surface area contributed by atoms with Crippen LogP contribution >= 0.6 is 11.3 Å². The molecule has 3 aromatic carbocycles. The Kier molecular flexibility index (Phi) is 4.41. The van der Waals surface area contributed by atoms with Crippen molar-refractivity contribution >= 4 is 49.0 Å². The number of fused-ring (bicyclic) bond motifs is 5. The summed E-state index contributed by atoms with van der Waals surface area (Å²) in [7, 11) is 0. The zero-order valence-electron chi connectivity index (χ0n) is 21.5. The van der Waals surface area contributed by atoms with E-state index in [1.807, 2.05) is 0 Å². The van der Waals surface area contributed by atoms with Gasteiger partial charge in [0.2, 0.25) is 0 Å². The average molecular weight is 495 g/mol. The molecule has 0 fully saturated rings. The van der Waals surface area contributed by atoms with Crippen molar-refractivity contribution < 1.29 is 4.42 Å². The van der Waals surface area contributed by atoms with Crippen LogP contribution in [0.15, 0.2) is 51.7 Å². The van der Waals surface area contributed by atoms with Gasteiger partial charge in [-0.3, -0.25) is 0 Å². The van der Waals surface area contributed by atoms with Crippen molar-refractivity contribution in [3.05, 3.63) is 69.6 Å². The van der Waals surface area contributed by atoms with E-state index < -0.39 is 0 Å². The lowest BCUT2D eigenvalue weighted by Gasteiger charge is -2.48. The van der Waals surface area contributed by atoms with E-state index in [0.717, 1.165) is 57.7 Å². The number of thiazole rings is 1. The van der Waals surface area contributed by atoms with Gasteiger partial charge >= 0.3 is 5.63 Å². The largest absolute Gasteiger partial charge is 0.422 e. The zero-order valence-corrected chi connectivity index (χ0v) is 22.3.